The lowest BCUT2D eigenvalue weighted by Gasteiger charge is -2.34. The van der Waals surface area contributed by atoms with Gasteiger partial charge in [-0.05, 0) is 69.7 Å². The molecule has 0 saturated heterocycles. The Morgan fingerprint density at radius 3 is 2.19 bits per heavy atom. The first-order chi connectivity index (χ1) is 17.0. The Bertz CT molecular complexity index is 1190. The van der Waals surface area contributed by atoms with Crippen molar-refractivity contribution in [2.45, 2.75) is 52.1 Å². The SMILES string of the molecule is Cc1ccc(N(C(=O)CCC(=O)Nc2ccccn2)[C@H](C(=O)NC(C)(C)C)c2ccc(O)cc2)cc1. The van der Waals surface area contributed by atoms with Crippen molar-refractivity contribution in [3.05, 3.63) is 84.1 Å². The van der Waals surface area contributed by atoms with Crippen molar-refractivity contribution in [2.24, 2.45) is 0 Å². The molecule has 0 aliphatic heterocycles. The lowest BCUT2D eigenvalue weighted by atomic mass is 10.00. The van der Waals surface area contributed by atoms with Crippen molar-refractivity contribution in [1.82, 2.24) is 10.3 Å². The first kappa shape index (κ1) is 26.4. The number of aryl methyl sites for hydroxylation is 1. The van der Waals surface area contributed by atoms with E-state index in [1.807, 2.05) is 39.8 Å². The highest BCUT2D eigenvalue weighted by Gasteiger charge is 2.34. The molecular formula is C28H32N4O4. The van der Waals surface area contributed by atoms with Gasteiger partial charge in [-0.15, -0.1) is 0 Å². The molecule has 3 N–H and O–H groups in total. The number of phenols is 1. The largest absolute Gasteiger partial charge is 0.508 e. The summed E-state index contributed by atoms with van der Waals surface area (Å²) in [6, 6.07) is 17.6. The third-order valence-corrected chi connectivity index (χ3v) is 5.29. The maximum Gasteiger partial charge on any atom is 0.248 e. The molecule has 0 unspecified atom stereocenters. The van der Waals surface area contributed by atoms with E-state index >= 15 is 0 Å². The van der Waals surface area contributed by atoms with Gasteiger partial charge < -0.3 is 15.7 Å². The number of phenolic OH excluding ortho intramolecular Hbond substituents is 1. The van der Waals surface area contributed by atoms with Crippen LogP contribution in [0.3, 0.4) is 0 Å². The van der Waals surface area contributed by atoms with Crippen LogP contribution < -0.4 is 15.5 Å². The molecule has 0 aliphatic carbocycles. The topological polar surface area (TPSA) is 112 Å². The number of aromatic nitrogens is 1. The molecule has 3 aromatic rings. The highest BCUT2D eigenvalue weighted by Crippen LogP contribution is 2.31. The van der Waals surface area contributed by atoms with E-state index in [1.165, 1.54) is 17.0 Å². The fourth-order valence-electron chi connectivity index (χ4n) is 3.64. The van der Waals surface area contributed by atoms with Crippen molar-refractivity contribution in [3.63, 3.8) is 0 Å². The smallest absolute Gasteiger partial charge is 0.248 e. The summed E-state index contributed by atoms with van der Waals surface area (Å²) in [5.74, 6) is -0.673. The Balaban J connectivity index is 1.94. The van der Waals surface area contributed by atoms with Gasteiger partial charge in [0.25, 0.3) is 0 Å². The van der Waals surface area contributed by atoms with Gasteiger partial charge in [-0.25, -0.2) is 4.98 Å². The number of aromatic hydroxyl groups is 1. The molecule has 0 bridgehead atoms. The zero-order chi connectivity index (χ0) is 26.3. The van der Waals surface area contributed by atoms with Gasteiger partial charge in [0, 0.05) is 30.3 Å². The summed E-state index contributed by atoms with van der Waals surface area (Å²) < 4.78 is 0. The number of nitrogens with zero attached hydrogens (tertiary/aromatic N) is 2. The minimum atomic E-state index is -1.01. The van der Waals surface area contributed by atoms with E-state index in [4.69, 9.17) is 0 Å². The van der Waals surface area contributed by atoms with Crippen molar-refractivity contribution >= 4 is 29.2 Å². The monoisotopic (exact) mass is 488 g/mol. The van der Waals surface area contributed by atoms with Crippen LogP contribution in [0.1, 0.15) is 50.8 Å². The highest BCUT2D eigenvalue weighted by atomic mass is 16.3. The summed E-state index contributed by atoms with van der Waals surface area (Å²) >= 11 is 0. The van der Waals surface area contributed by atoms with Crippen LogP contribution in [0.15, 0.2) is 72.9 Å². The van der Waals surface area contributed by atoms with Gasteiger partial charge in [0.2, 0.25) is 17.7 Å². The molecule has 3 amide bonds. The summed E-state index contributed by atoms with van der Waals surface area (Å²) in [5.41, 5.74) is 1.51. The van der Waals surface area contributed by atoms with Crippen LogP contribution in [0.2, 0.25) is 0 Å². The van der Waals surface area contributed by atoms with Crippen molar-refractivity contribution in [2.75, 3.05) is 10.2 Å². The van der Waals surface area contributed by atoms with E-state index in [9.17, 15) is 19.5 Å². The minimum Gasteiger partial charge on any atom is -0.508 e. The molecule has 1 heterocycles. The van der Waals surface area contributed by atoms with Crippen LogP contribution in [0.25, 0.3) is 0 Å². The van der Waals surface area contributed by atoms with Crippen LogP contribution in [0.4, 0.5) is 11.5 Å². The number of rotatable bonds is 8. The predicted molar refractivity (Wildman–Crippen MR) is 140 cm³/mol. The average Bonchev–Trinajstić information content (AvgIpc) is 2.82. The minimum absolute atomic E-state index is 0.0492. The molecule has 0 aliphatic rings. The van der Waals surface area contributed by atoms with Crippen LogP contribution in [-0.2, 0) is 14.4 Å². The number of hydrogen-bond acceptors (Lipinski definition) is 5. The first-order valence-corrected chi connectivity index (χ1v) is 11.7. The molecule has 0 saturated carbocycles. The third-order valence-electron chi connectivity index (χ3n) is 5.29. The Morgan fingerprint density at radius 1 is 0.944 bits per heavy atom. The second-order valence-corrected chi connectivity index (χ2v) is 9.60. The maximum absolute atomic E-state index is 13.6. The van der Waals surface area contributed by atoms with Crippen molar-refractivity contribution in [1.29, 1.82) is 0 Å². The standard InChI is InChI=1S/C28H32N4O4/c1-19-8-12-21(13-9-19)32(25(35)17-16-24(34)30-23-7-5-6-18-29-23)26(27(36)31-28(2,3)4)20-10-14-22(33)15-11-20/h5-15,18,26,33H,16-17H2,1-4H3,(H,31,36)(H,29,30,34)/t26-/m0/s1. The molecule has 36 heavy (non-hydrogen) atoms. The fraction of sp³-hybridized carbons (Fsp3) is 0.286. The van der Waals surface area contributed by atoms with Crippen LogP contribution in [-0.4, -0.2) is 33.4 Å². The van der Waals surface area contributed by atoms with Gasteiger partial charge >= 0.3 is 0 Å². The molecule has 8 nitrogen and oxygen atoms in total. The molecule has 2 aromatic carbocycles. The number of hydrogen-bond donors (Lipinski definition) is 3. The van der Waals surface area contributed by atoms with Gasteiger partial charge in [0.1, 0.15) is 17.6 Å². The van der Waals surface area contributed by atoms with E-state index in [1.54, 1.807) is 48.7 Å². The maximum atomic E-state index is 13.6. The van der Waals surface area contributed by atoms with E-state index in [0.717, 1.165) is 5.56 Å². The Hall–Kier alpha value is -4.20. The number of pyridine rings is 1. The summed E-state index contributed by atoms with van der Waals surface area (Å²) in [7, 11) is 0. The summed E-state index contributed by atoms with van der Waals surface area (Å²) in [5, 5.41) is 15.4. The van der Waals surface area contributed by atoms with Crippen LogP contribution in [0, 0.1) is 6.92 Å². The lowest BCUT2D eigenvalue weighted by molar-refractivity contribution is -0.128. The van der Waals surface area contributed by atoms with Gasteiger partial charge in [-0.3, -0.25) is 19.3 Å². The van der Waals surface area contributed by atoms with E-state index in [-0.39, 0.29) is 30.4 Å². The van der Waals surface area contributed by atoms with E-state index in [2.05, 4.69) is 15.6 Å². The zero-order valence-electron chi connectivity index (χ0n) is 21.0. The summed E-state index contributed by atoms with van der Waals surface area (Å²) in [6.45, 7) is 7.51. The van der Waals surface area contributed by atoms with Gasteiger partial charge in [0.15, 0.2) is 0 Å². The number of amides is 3. The normalized spacial score (nSPS) is 11.9. The molecule has 8 heteroatoms. The average molecular weight is 489 g/mol. The number of carbonyl (C=O) groups excluding carboxylic acids is 3. The van der Waals surface area contributed by atoms with Gasteiger partial charge in [0.05, 0.1) is 0 Å². The number of carbonyl (C=O) groups is 3. The highest BCUT2D eigenvalue weighted by molar-refractivity contribution is 6.03. The predicted octanol–water partition coefficient (Wildman–Crippen LogP) is 4.50. The second kappa shape index (κ2) is 11.5. The molecule has 3 rings (SSSR count). The Labute approximate surface area is 211 Å². The molecule has 188 valence electrons. The number of anilines is 2. The summed E-state index contributed by atoms with van der Waals surface area (Å²) in [4.78, 5) is 45.2. The summed E-state index contributed by atoms with van der Waals surface area (Å²) in [6.07, 6.45) is 1.36. The van der Waals surface area contributed by atoms with Crippen molar-refractivity contribution < 1.29 is 19.5 Å². The van der Waals surface area contributed by atoms with E-state index in [0.29, 0.717) is 17.1 Å². The molecule has 0 radical (unpaired) electrons. The molecule has 0 fully saturated rings. The van der Waals surface area contributed by atoms with E-state index < -0.39 is 17.5 Å². The van der Waals surface area contributed by atoms with Crippen molar-refractivity contribution in [3.8, 4) is 5.75 Å². The number of nitrogens with one attached hydrogen (secondary N) is 2. The van der Waals surface area contributed by atoms with Crippen LogP contribution >= 0.6 is 0 Å². The first-order valence-electron chi connectivity index (χ1n) is 11.7. The second-order valence-electron chi connectivity index (χ2n) is 9.60. The number of benzene rings is 2. The zero-order valence-corrected chi connectivity index (χ0v) is 21.0. The molecule has 1 aromatic heterocycles. The Morgan fingerprint density at radius 2 is 1.61 bits per heavy atom. The quantitative estimate of drug-likeness (QED) is 0.432. The van der Waals surface area contributed by atoms with Crippen LogP contribution in [0.5, 0.6) is 5.75 Å². The fourth-order valence-corrected chi connectivity index (χ4v) is 3.64. The Kier molecular flexibility index (Phi) is 8.42. The molecule has 0 spiro atoms. The van der Waals surface area contributed by atoms with Gasteiger partial charge in [-0.1, -0.05) is 35.9 Å². The van der Waals surface area contributed by atoms with Gasteiger partial charge in [-0.2, -0.15) is 0 Å². The molecule has 1 atom stereocenters. The third kappa shape index (κ3) is 7.40. The molecular weight excluding hydrogens is 456 g/mol. The lowest BCUT2D eigenvalue weighted by Crippen LogP contribution is -2.49.